The zero-order chi connectivity index (χ0) is 18.4. The molecule has 2 aromatic rings. The van der Waals surface area contributed by atoms with Crippen molar-refractivity contribution in [2.75, 3.05) is 5.32 Å². The lowest BCUT2D eigenvalue weighted by Gasteiger charge is -2.35. The summed E-state index contributed by atoms with van der Waals surface area (Å²) >= 11 is 12.0. The van der Waals surface area contributed by atoms with E-state index in [1.807, 2.05) is 19.1 Å². The largest absolute Gasteiger partial charge is 0.479 e. The Bertz CT molecular complexity index is 963. The highest BCUT2D eigenvalue weighted by Gasteiger charge is 2.43. The van der Waals surface area contributed by atoms with Crippen molar-refractivity contribution in [3.05, 3.63) is 57.6 Å². The summed E-state index contributed by atoms with van der Waals surface area (Å²) in [7, 11) is -4.14. The van der Waals surface area contributed by atoms with Gasteiger partial charge in [0.05, 0.1) is 10.7 Å². The Morgan fingerprint density at radius 2 is 1.96 bits per heavy atom. The first-order valence-electron chi connectivity index (χ1n) is 7.26. The van der Waals surface area contributed by atoms with Gasteiger partial charge in [0.15, 0.2) is 6.17 Å². The highest BCUT2D eigenvalue weighted by molar-refractivity contribution is 7.89. The Hall–Kier alpha value is -1.80. The molecule has 2 N–H and O–H groups in total. The Morgan fingerprint density at radius 1 is 1.28 bits per heavy atom. The van der Waals surface area contributed by atoms with Gasteiger partial charge in [-0.15, -0.1) is 0 Å². The van der Waals surface area contributed by atoms with E-state index in [9.17, 15) is 18.3 Å². The molecule has 132 valence electrons. The molecule has 0 aromatic heterocycles. The number of carboxylic acids is 1. The molecule has 0 bridgehead atoms. The zero-order valence-corrected chi connectivity index (χ0v) is 15.4. The van der Waals surface area contributed by atoms with Gasteiger partial charge in [0, 0.05) is 11.6 Å². The number of aryl methyl sites for hydroxylation is 1. The summed E-state index contributed by atoms with van der Waals surface area (Å²) in [5.74, 6) is -1.32. The van der Waals surface area contributed by atoms with Gasteiger partial charge >= 0.3 is 5.97 Å². The standard InChI is InChI=1S/C16H14Cl2N2O4S/c1-9-4-2-3-5-10(9)8-20-15(16(21)22)19-13-7-11(17)6-12(18)14(13)25(20,23)24/h2-7,15,19H,8H2,1H3,(H,21,22). The highest BCUT2D eigenvalue weighted by Crippen LogP contribution is 2.40. The average Bonchev–Trinajstić information content (AvgIpc) is 2.50. The summed E-state index contributed by atoms with van der Waals surface area (Å²) < 4.78 is 27.0. The number of nitrogens with zero attached hydrogens (tertiary/aromatic N) is 1. The third-order valence-corrected chi connectivity index (χ3v) is 6.52. The van der Waals surface area contributed by atoms with Gasteiger partial charge in [-0.25, -0.2) is 13.2 Å². The van der Waals surface area contributed by atoms with Crippen molar-refractivity contribution in [2.24, 2.45) is 0 Å². The van der Waals surface area contributed by atoms with Crippen molar-refractivity contribution in [1.29, 1.82) is 0 Å². The van der Waals surface area contributed by atoms with Gasteiger partial charge in [0.2, 0.25) is 10.0 Å². The van der Waals surface area contributed by atoms with Crippen LogP contribution in [0.5, 0.6) is 0 Å². The smallest absolute Gasteiger partial charge is 0.342 e. The maximum absolute atomic E-state index is 13.1. The van der Waals surface area contributed by atoms with E-state index in [1.54, 1.807) is 12.1 Å². The molecule has 3 rings (SSSR count). The normalized spacial score (nSPS) is 19.1. The number of fused-ring (bicyclic) bond motifs is 1. The van der Waals surface area contributed by atoms with Crippen molar-refractivity contribution in [3.8, 4) is 0 Å². The summed E-state index contributed by atoms with van der Waals surface area (Å²) in [5.41, 5.74) is 1.63. The summed E-state index contributed by atoms with van der Waals surface area (Å²) in [6.45, 7) is 1.73. The van der Waals surface area contributed by atoms with Crippen molar-refractivity contribution < 1.29 is 18.3 Å². The van der Waals surface area contributed by atoms with Crippen LogP contribution in [0.2, 0.25) is 10.0 Å². The molecule has 0 aliphatic carbocycles. The predicted octanol–water partition coefficient (Wildman–Crippen LogP) is 3.33. The minimum Gasteiger partial charge on any atom is -0.479 e. The number of anilines is 1. The van der Waals surface area contributed by atoms with Crippen LogP contribution < -0.4 is 5.32 Å². The Morgan fingerprint density at radius 3 is 2.60 bits per heavy atom. The zero-order valence-electron chi connectivity index (χ0n) is 13.0. The molecular formula is C16H14Cl2N2O4S. The van der Waals surface area contributed by atoms with Crippen molar-refractivity contribution in [3.63, 3.8) is 0 Å². The second-order valence-corrected chi connectivity index (χ2v) is 8.30. The van der Waals surface area contributed by atoms with E-state index >= 15 is 0 Å². The van der Waals surface area contributed by atoms with Crippen LogP contribution in [0, 0.1) is 6.92 Å². The van der Waals surface area contributed by atoms with Crippen LogP contribution >= 0.6 is 23.2 Å². The molecule has 25 heavy (non-hydrogen) atoms. The molecule has 0 saturated carbocycles. The monoisotopic (exact) mass is 400 g/mol. The van der Waals surface area contributed by atoms with Crippen LogP contribution in [0.4, 0.5) is 5.69 Å². The van der Waals surface area contributed by atoms with Gasteiger partial charge in [0.1, 0.15) is 4.90 Å². The Labute approximate surface area is 155 Å². The third kappa shape index (κ3) is 3.20. The first-order valence-corrected chi connectivity index (χ1v) is 9.46. The molecule has 1 unspecified atom stereocenters. The second kappa shape index (κ2) is 6.49. The summed E-state index contributed by atoms with van der Waals surface area (Å²) in [4.78, 5) is 11.5. The van der Waals surface area contributed by atoms with Gasteiger partial charge in [-0.3, -0.25) is 0 Å². The number of benzene rings is 2. The Kier molecular flexibility index (Phi) is 4.68. The molecule has 1 aliphatic rings. The van der Waals surface area contributed by atoms with Crippen molar-refractivity contribution in [2.45, 2.75) is 24.5 Å². The Balaban J connectivity index is 2.16. The van der Waals surface area contributed by atoms with Gasteiger partial charge in [-0.1, -0.05) is 47.5 Å². The maximum Gasteiger partial charge on any atom is 0.342 e. The number of sulfonamides is 1. The van der Waals surface area contributed by atoms with Crippen molar-refractivity contribution in [1.82, 2.24) is 4.31 Å². The van der Waals surface area contributed by atoms with Crippen molar-refractivity contribution >= 4 is 44.9 Å². The SMILES string of the molecule is Cc1ccccc1CN1C(C(=O)O)Nc2cc(Cl)cc(Cl)c2S1(=O)=O. The van der Waals surface area contributed by atoms with Gasteiger partial charge in [0.25, 0.3) is 0 Å². The van der Waals surface area contributed by atoms with Gasteiger partial charge < -0.3 is 10.4 Å². The van der Waals surface area contributed by atoms with E-state index in [1.165, 1.54) is 12.1 Å². The van der Waals surface area contributed by atoms with E-state index in [4.69, 9.17) is 23.2 Å². The molecule has 6 nitrogen and oxygen atoms in total. The molecule has 0 spiro atoms. The van der Waals surface area contributed by atoms with Gasteiger partial charge in [-0.05, 0) is 30.2 Å². The molecule has 0 amide bonds. The summed E-state index contributed by atoms with van der Waals surface area (Å²) in [6.07, 6.45) is -1.47. The van der Waals surface area contributed by atoms with Crippen LogP contribution in [0.1, 0.15) is 11.1 Å². The van der Waals surface area contributed by atoms with E-state index in [0.717, 1.165) is 9.87 Å². The number of nitrogens with one attached hydrogen (secondary N) is 1. The number of hydrogen-bond donors (Lipinski definition) is 2. The lowest BCUT2D eigenvalue weighted by molar-refractivity contribution is -0.140. The molecule has 1 atom stereocenters. The molecule has 0 fully saturated rings. The number of rotatable bonds is 3. The first kappa shape index (κ1) is 18.0. The second-order valence-electron chi connectivity index (χ2n) is 5.63. The predicted molar refractivity (Wildman–Crippen MR) is 95.4 cm³/mol. The minimum absolute atomic E-state index is 0.0615. The average molecular weight is 401 g/mol. The lowest BCUT2D eigenvalue weighted by Crippen LogP contribution is -2.52. The van der Waals surface area contributed by atoms with Crippen LogP contribution in [-0.4, -0.2) is 30.0 Å². The van der Waals surface area contributed by atoms with Gasteiger partial charge in [-0.2, -0.15) is 4.31 Å². The molecule has 0 radical (unpaired) electrons. The third-order valence-electron chi connectivity index (χ3n) is 3.98. The summed E-state index contributed by atoms with van der Waals surface area (Å²) in [5, 5.41) is 12.4. The quantitative estimate of drug-likeness (QED) is 0.824. The first-order chi connectivity index (χ1) is 11.7. The number of carbonyl (C=O) groups is 1. The van der Waals surface area contributed by atoms with Crippen LogP contribution in [0.15, 0.2) is 41.3 Å². The van der Waals surface area contributed by atoms with Crippen LogP contribution in [-0.2, 0) is 21.4 Å². The molecule has 0 saturated heterocycles. The van der Waals surface area contributed by atoms with Crippen LogP contribution in [0.25, 0.3) is 0 Å². The fraction of sp³-hybridized carbons (Fsp3) is 0.188. The molecule has 9 heteroatoms. The molecule has 1 aliphatic heterocycles. The number of halogens is 2. The summed E-state index contributed by atoms with van der Waals surface area (Å²) in [6, 6.07) is 9.83. The molecule has 2 aromatic carbocycles. The number of aliphatic carboxylic acids is 1. The fourth-order valence-corrected chi connectivity index (χ4v) is 5.17. The number of hydrogen-bond acceptors (Lipinski definition) is 4. The maximum atomic E-state index is 13.1. The van der Waals surface area contributed by atoms with E-state index in [0.29, 0.717) is 5.56 Å². The van der Waals surface area contributed by atoms with E-state index in [-0.39, 0.29) is 27.2 Å². The topological polar surface area (TPSA) is 86.7 Å². The fourth-order valence-electron chi connectivity index (χ4n) is 2.72. The minimum atomic E-state index is -4.14. The molecular weight excluding hydrogens is 387 g/mol. The molecule has 1 heterocycles. The van der Waals surface area contributed by atoms with E-state index in [2.05, 4.69) is 5.32 Å². The lowest BCUT2D eigenvalue weighted by atomic mass is 10.1. The highest BCUT2D eigenvalue weighted by atomic mass is 35.5. The number of carboxylic acid groups (broad SMARTS) is 1. The van der Waals surface area contributed by atoms with E-state index < -0.39 is 22.2 Å². The van der Waals surface area contributed by atoms with Crippen LogP contribution in [0.3, 0.4) is 0 Å².